The summed E-state index contributed by atoms with van der Waals surface area (Å²) in [6.45, 7) is 3.80. The van der Waals surface area contributed by atoms with Gasteiger partial charge in [-0.2, -0.15) is 0 Å². The van der Waals surface area contributed by atoms with Crippen molar-refractivity contribution >= 4 is 11.8 Å². The van der Waals surface area contributed by atoms with Crippen molar-refractivity contribution in [1.29, 1.82) is 0 Å². The van der Waals surface area contributed by atoms with Crippen molar-refractivity contribution in [2.45, 2.75) is 38.1 Å². The normalized spacial score (nSPS) is 18.6. The average Bonchev–Trinajstić information content (AvgIpc) is 3.17. The summed E-state index contributed by atoms with van der Waals surface area (Å²) in [5.41, 5.74) is 0.721. The standard InChI is InChI=1S/C19H27N3O2/c23-18(21-14-11-20-12-15-21)10-13-22(17-8-4-5-9-17)19(24)16-6-2-1-3-7-16/h1-3,6-7,17,20H,4-5,8-15H2. The smallest absolute Gasteiger partial charge is 0.254 e. The first-order chi connectivity index (χ1) is 11.8. The van der Waals surface area contributed by atoms with E-state index in [1.54, 1.807) is 0 Å². The van der Waals surface area contributed by atoms with E-state index in [0.29, 0.717) is 13.0 Å². The quantitative estimate of drug-likeness (QED) is 0.897. The van der Waals surface area contributed by atoms with Gasteiger partial charge in [0.2, 0.25) is 5.91 Å². The van der Waals surface area contributed by atoms with E-state index >= 15 is 0 Å². The minimum atomic E-state index is 0.0654. The lowest BCUT2D eigenvalue weighted by Gasteiger charge is -2.31. The van der Waals surface area contributed by atoms with Crippen molar-refractivity contribution in [2.24, 2.45) is 0 Å². The number of carbonyl (C=O) groups excluding carboxylic acids is 2. The van der Waals surface area contributed by atoms with Crippen molar-refractivity contribution in [1.82, 2.24) is 15.1 Å². The molecule has 24 heavy (non-hydrogen) atoms. The van der Waals surface area contributed by atoms with Crippen LogP contribution in [0.5, 0.6) is 0 Å². The lowest BCUT2D eigenvalue weighted by atomic mass is 10.1. The van der Waals surface area contributed by atoms with E-state index in [1.807, 2.05) is 40.1 Å². The molecule has 1 aliphatic carbocycles. The van der Waals surface area contributed by atoms with Gasteiger partial charge in [-0.3, -0.25) is 9.59 Å². The molecule has 0 spiro atoms. The number of nitrogens with zero attached hydrogens (tertiary/aromatic N) is 2. The topological polar surface area (TPSA) is 52.7 Å². The summed E-state index contributed by atoms with van der Waals surface area (Å²) in [6.07, 6.45) is 4.89. The van der Waals surface area contributed by atoms with Crippen LogP contribution in [0.2, 0.25) is 0 Å². The molecule has 1 aromatic rings. The number of hydrogen-bond donors (Lipinski definition) is 1. The van der Waals surface area contributed by atoms with Crippen LogP contribution in [0.15, 0.2) is 30.3 Å². The summed E-state index contributed by atoms with van der Waals surface area (Å²) in [6, 6.07) is 9.72. The molecule has 5 nitrogen and oxygen atoms in total. The van der Waals surface area contributed by atoms with Crippen LogP contribution in [0.25, 0.3) is 0 Å². The van der Waals surface area contributed by atoms with Gasteiger partial charge in [0.15, 0.2) is 0 Å². The summed E-state index contributed by atoms with van der Waals surface area (Å²) in [4.78, 5) is 29.2. The predicted octanol–water partition coefficient (Wildman–Crippen LogP) is 1.89. The Hall–Kier alpha value is -1.88. The van der Waals surface area contributed by atoms with Crippen molar-refractivity contribution in [2.75, 3.05) is 32.7 Å². The molecule has 2 amide bonds. The molecular formula is C19H27N3O2. The maximum absolute atomic E-state index is 12.9. The van der Waals surface area contributed by atoms with Gasteiger partial charge in [0.25, 0.3) is 5.91 Å². The summed E-state index contributed by atoms with van der Waals surface area (Å²) in [7, 11) is 0. The second kappa shape index (κ2) is 8.29. The fourth-order valence-corrected chi connectivity index (χ4v) is 3.70. The third kappa shape index (κ3) is 4.15. The summed E-state index contributed by atoms with van der Waals surface area (Å²) in [5, 5.41) is 3.26. The van der Waals surface area contributed by atoms with Gasteiger partial charge in [0, 0.05) is 50.7 Å². The molecule has 2 aliphatic rings. The highest BCUT2D eigenvalue weighted by molar-refractivity contribution is 5.94. The average molecular weight is 329 g/mol. The first-order valence-corrected chi connectivity index (χ1v) is 9.10. The largest absolute Gasteiger partial charge is 0.340 e. The van der Waals surface area contributed by atoms with E-state index in [0.717, 1.165) is 44.6 Å². The van der Waals surface area contributed by atoms with Crippen molar-refractivity contribution in [3.05, 3.63) is 35.9 Å². The van der Waals surface area contributed by atoms with Gasteiger partial charge in [-0.1, -0.05) is 31.0 Å². The Labute approximate surface area is 144 Å². The fourth-order valence-electron chi connectivity index (χ4n) is 3.70. The van der Waals surface area contributed by atoms with E-state index < -0.39 is 0 Å². The third-order valence-electron chi connectivity index (χ3n) is 5.08. The Balaban J connectivity index is 1.64. The molecular weight excluding hydrogens is 302 g/mol. The van der Waals surface area contributed by atoms with Gasteiger partial charge in [0.05, 0.1) is 0 Å². The minimum Gasteiger partial charge on any atom is -0.340 e. The number of rotatable bonds is 5. The predicted molar refractivity (Wildman–Crippen MR) is 93.8 cm³/mol. The summed E-state index contributed by atoms with van der Waals surface area (Å²) >= 11 is 0. The third-order valence-corrected chi connectivity index (χ3v) is 5.08. The fraction of sp³-hybridized carbons (Fsp3) is 0.579. The summed E-state index contributed by atoms with van der Waals surface area (Å²) in [5.74, 6) is 0.232. The first-order valence-electron chi connectivity index (χ1n) is 9.10. The second-order valence-corrected chi connectivity index (χ2v) is 6.68. The Morgan fingerprint density at radius 1 is 1.08 bits per heavy atom. The number of hydrogen-bond acceptors (Lipinski definition) is 3. The second-order valence-electron chi connectivity index (χ2n) is 6.68. The van der Waals surface area contributed by atoms with Gasteiger partial charge in [-0.25, -0.2) is 0 Å². The number of carbonyl (C=O) groups is 2. The van der Waals surface area contributed by atoms with Crippen LogP contribution in [0.1, 0.15) is 42.5 Å². The van der Waals surface area contributed by atoms with E-state index in [9.17, 15) is 9.59 Å². The Morgan fingerprint density at radius 2 is 1.75 bits per heavy atom. The van der Waals surface area contributed by atoms with Crippen LogP contribution in [-0.4, -0.2) is 60.4 Å². The Morgan fingerprint density at radius 3 is 2.42 bits per heavy atom. The van der Waals surface area contributed by atoms with E-state index in [2.05, 4.69) is 5.32 Å². The highest BCUT2D eigenvalue weighted by Gasteiger charge is 2.28. The number of benzene rings is 1. The lowest BCUT2D eigenvalue weighted by Crippen LogP contribution is -2.48. The molecule has 1 aromatic carbocycles. The molecule has 1 N–H and O–H groups in total. The van der Waals surface area contributed by atoms with E-state index in [1.165, 1.54) is 12.8 Å². The number of amides is 2. The minimum absolute atomic E-state index is 0.0654. The molecule has 130 valence electrons. The zero-order chi connectivity index (χ0) is 16.8. The van der Waals surface area contributed by atoms with Crippen molar-refractivity contribution in [3.8, 4) is 0 Å². The van der Waals surface area contributed by atoms with Crippen LogP contribution >= 0.6 is 0 Å². The number of piperazine rings is 1. The molecule has 1 saturated carbocycles. The molecule has 1 heterocycles. The van der Waals surface area contributed by atoms with Gasteiger partial charge >= 0.3 is 0 Å². The van der Waals surface area contributed by atoms with Crippen molar-refractivity contribution < 1.29 is 9.59 Å². The molecule has 0 radical (unpaired) electrons. The maximum atomic E-state index is 12.9. The van der Waals surface area contributed by atoms with Gasteiger partial charge in [-0.15, -0.1) is 0 Å². The highest BCUT2D eigenvalue weighted by atomic mass is 16.2. The monoisotopic (exact) mass is 329 g/mol. The Kier molecular flexibility index (Phi) is 5.86. The molecule has 1 aliphatic heterocycles. The van der Waals surface area contributed by atoms with Gasteiger partial charge in [-0.05, 0) is 25.0 Å². The Bertz CT molecular complexity index is 549. The van der Waals surface area contributed by atoms with Crippen LogP contribution < -0.4 is 5.32 Å². The highest BCUT2D eigenvalue weighted by Crippen LogP contribution is 2.25. The molecule has 0 unspecified atom stereocenters. The van der Waals surface area contributed by atoms with E-state index in [-0.39, 0.29) is 17.9 Å². The molecule has 1 saturated heterocycles. The van der Waals surface area contributed by atoms with Crippen molar-refractivity contribution in [3.63, 3.8) is 0 Å². The van der Waals surface area contributed by atoms with E-state index in [4.69, 9.17) is 0 Å². The van der Waals surface area contributed by atoms with Crippen LogP contribution in [0, 0.1) is 0 Å². The van der Waals surface area contributed by atoms with Gasteiger partial charge in [0.1, 0.15) is 0 Å². The zero-order valence-electron chi connectivity index (χ0n) is 14.2. The maximum Gasteiger partial charge on any atom is 0.254 e. The summed E-state index contributed by atoms with van der Waals surface area (Å²) < 4.78 is 0. The molecule has 0 bridgehead atoms. The van der Waals surface area contributed by atoms with Crippen LogP contribution in [0.4, 0.5) is 0 Å². The number of nitrogens with one attached hydrogen (secondary N) is 1. The van der Waals surface area contributed by atoms with Gasteiger partial charge < -0.3 is 15.1 Å². The molecule has 0 aromatic heterocycles. The molecule has 2 fully saturated rings. The van der Waals surface area contributed by atoms with Crippen LogP contribution in [-0.2, 0) is 4.79 Å². The lowest BCUT2D eigenvalue weighted by molar-refractivity contribution is -0.132. The SMILES string of the molecule is O=C(CCN(C(=O)c1ccccc1)C1CCCC1)N1CCNCC1. The molecule has 0 atom stereocenters. The van der Waals surface area contributed by atoms with Crippen LogP contribution in [0.3, 0.4) is 0 Å². The molecule has 5 heteroatoms. The zero-order valence-corrected chi connectivity index (χ0v) is 14.2. The molecule has 3 rings (SSSR count). The first kappa shape index (κ1) is 17.0.